The van der Waals surface area contributed by atoms with Crippen molar-refractivity contribution in [3.05, 3.63) is 30.0 Å². The zero-order valence-corrected chi connectivity index (χ0v) is 12.2. The van der Waals surface area contributed by atoms with Crippen molar-refractivity contribution in [2.24, 2.45) is 5.92 Å². The second-order valence-electron chi connectivity index (χ2n) is 6.00. The molecule has 1 aliphatic carbocycles. The van der Waals surface area contributed by atoms with Crippen LogP contribution in [0.4, 0.5) is 5.69 Å². The first kappa shape index (κ1) is 13.2. The highest BCUT2D eigenvalue weighted by Crippen LogP contribution is 2.33. The van der Waals surface area contributed by atoms with Crippen molar-refractivity contribution in [2.75, 3.05) is 5.73 Å². The maximum atomic E-state index is 6.22. The molecule has 2 N–H and O–H groups in total. The van der Waals surface area contributed by atoms with Crippen molar-refractivity contribution in [2.45, 2.75) is 45.6 Å². The number of nitrogens with two attached hydrogens (primary N) is 1. The van der Waals surface area contributed by atoms with Gasteiger partial charge in [-0.15, -0.1) is 0 Å². The number of pyridine rings is 1. The standard InChI is InChI=1S/C17H22N2O/c1-11-6-8-13(9-7-11)20-16-5-3-4-15-17(16)14(18)10-12(2)19-15/h3-5,10-11,13H,6-9H2,1-2H3,(H2,18,19)/t11-,13-. The smallest absolute Gasteiger partial charge is 0.131 e. The number of rotatable bonds is 2. The van der Waals surface area contributed by atoms with Gasteiger partial charge in [-0.1, -0.05) is 13.0 Å². The number of aryl methyl sites for hydroxylation is 1. The van der Waals surface area contributed by atoms with Crippen LogP contribution in [0.1, 0.15) is 38.3 Å². The Morgan fingerprint density at radius 1 is 1.20 bits per heavy atom. The Hall–Kier alpha value is -1.77. The Kier molecular flexibility index (Phi) is 3.51. The highest BCUT2D eigenvalue weighted by atomic mass is 16.5. The molecule has 0 unspecified atom stereocenters. The first-order chi connectivity index (χ1) is 9.63. The van der Waals surface area contributed by atoms with E-state index in [9.17, 15) is 0 Å². The molecule has 20 heavy (non-hydrogen) atoms. The summed E-state index contributed by atoms with van der Waals surface area (Å²) in [6, 6.07) is 7.91. The summed E-state index contributed by atoms with van der Waals surface area (Å²) in [7, 11) is 0. The topological polar surface area (TPSA) is 48.1 Å². The Balaban J connectivity index is 1.91. The summed E-state index contributed by atoms with van der Waals surface area (Å²) >= 11 is 0. The molecule has 106 valence electrons. The maximum absolute atomic E-state index is 6.22. The van der Waals surface area contributed by atoms with Crippen molar-refractivity contribution in [1.29, 1.82) is 0 Å². The van der Waals surface area contributed by atoms with E-state index in [2.05, 4.69) is 11.9 Å². The first-order valence-electron chi connectivity index (χ1n) is 7.46. The van der Waals surface area contributed by atoms with Gasteiger partial charge >= 0.3 is 0 Å². The fraction of sp³-hybridized carbons (Fsp3) is 0.471. The summed E-state index contributed by atoms with van der Waals surface area (Å²) in [5, 5.41) is 0.955. The normalized spacial score (nSPS) is 22.9. The van der Waals surface area contributed by atoms with Gasteiger partial charge in [-0.3, -0.25) is 4.98 Å². The number of aromatic nitrogens is 1. The molecule has 1 aromatic heterocycles. The Morgan fingerprint density at radius 2 is 1.95 bits per heavy atom. The predicted octanol–water partition coefficient (Wildman–Crippen LogP) is 4.08. The molecular formula is C17H22N2O. The van der Waals surface area contributed by atoms with Crippen LogP contribution in [0.2, 0.25) is 0 Å². The molecule has 2 aromatic rings. The maximum Gasteiger partial charge on any atom is 0.131 e. The lowest BCUT2D eigenvalue weighted by Gasteiger charge is -2.27. The number of hydrogen-bond acceptors (Lipinski definition) is 3. The fourth-order valence-electron chi connectivity index (χ4n) is 3.05. The van der Waals surface area contributed by atoms with Gasteiger partial charge in [0.25, 0.3) is 0 Å². The van der Waals surface area contributed by atoms with Gasteiger partial charge in [0.05, 0.1) is 17.0 Å². The summed E-state index contributed by atoms with van der Waals surface area (Å²) in [5.41, 5.74) is 8.79. The van der Waals surface area contributed by atoms with Crippen molar-refractivity contribution >= 4 is 16.6 Å². The molecule has 0 aliphatic heterocycles. The molecule has 0 radical (unpaired) electrons. The minimum absolute atomic E-state index is 0.317. The Morgan fingerprint density at radius 3 is 2.70 bits per heavy atom. The molecule has 3 rings (SSSR count). The van der Waals surface area contributed by atoms with Gasteiger partial charge in [0.2, 0.25) is 0 Å². The van der Waals surface area contributed by atoms with Gasteiger partial charge < -0.3 is 10.5 Å². The van der Waals surface area contributed by atoms with Crippen molar-refractivity contribution in [3.8, 4) is 5.75 Å². The highest BCUT2D eigenvalue weighted by Gasteiger charge is 2.20. The number of anilines is 1. The summed E-state index contributed by atoms with van der Waals surface area (Å²) in [4.78, 5) is 4.54. The van der Waals surface area contributed by atoms with Crippen LogP contribution in [-0.4, -0.2) is 11.1 Å². The molecule has 1 heterocycles. The van der Waals surface area contributed by atoms with Gasteiger partial charge in [-0.05, 0) is 56.7 Å². The minimum atomic E-state index is 0.317. The quantitative estimate of drug-likeness (QED) is 0.894. The zero-order chi connectivity index (χ0) is 14.1. The molecule has 3 heteroatoms. The van der Waals surface area contributed by atoms with Crippen LogP contribution in [-0.2, 0) is 0 Å². The Bertz CT molecular complexity index is 616. The molecular weight excluding hydrogens is 248 g/mol. The molecule has 0 bridgehead atoms. The van der Waals surface area contributed by atoms with E-state index in [-0.39, 0.29) is 0 Å². The molecule has 1 fully saturated rings. The summed E-state index contributed by atoms with van der Waals surface area (Å²) in [5.74, 6) is 1.71. The molecule has 1 aromatic carbocycles. The number of benzene rings is 1. The number of nitrogen functional groups attached to an aromatic ring is 1. The third kappa shape index (κ3) is 2.58. The second-order valence-corrected chi connectivity index (χ2v) is 6.00. The Labute approximate surface area is 120 Å². The van der Waals surface area contributed by atoms with Gasteiger partial charge in [-0.2, -0.15) is 0 Å². The van der Waals surface area contributed by atoms with Gasteiger partial charge in [0, 0.05) is 11.4 Å². The van der Waals surface area contributed by atoms with Crippen molar-refractivity contribution in [3.63, 3.8) is 0 Å². The van der Waals surface area contributed by atoms with E-state index in [4.69, 9.17) is 10.5 Å². The van der Waals surface area contributed by atoms with E-state index in [1.165, 1.54) is 12.8 Å². The van der Waals surface area contributed by atoms with Crippen LogP contribution in [0.5, 0.6) is 5.75 Å². The molecule has 0 amide bonds. The fourth-order valence-corrected chi connectivity index (χ4v) is 3.05. The van der Waals surface area contributed by atoms with Gasteiger partial charge in [-0.25, -0.2) is 0 Å². The summed E-state index contributed by atoms with van der Waals surface area (Å²) in [6.07, 6.45) is 5.09. The summed E-state index contributed by atoms with van der Waals surface area (Å²) in [6.45, 7) is 4.28. The van der Waals surface area contributed by atoms with E-state index in [1.807, 2.05) is 31.2 Å². The van der Waals surface area contributed by atoms with E-state index in [1.54, 1.807) is 0 Å². The minimum Gasteiger partial charge on any atom is -0.490 e. The predicted molar refractivity (Wildman–Crippen MR) is 82.9 cm³/mol. The molecule has 1 aliphatic rings. The molecule has 0 atom stereocenters. The van der Waals surface area contributed by atoms with E-state index in [0.29, 0.717) is 6.10 Å². The largest absolute Gasteiger partial charge is 0.490 e. The summed E-state index contributed by atoms with van der Waals surface area (Å²) < 4.78 is 6.22. The van der Waals surface area contributed by atoms with Gasteiger partial charge in [0.1, 0.15) is 5.75 Å². The van der Waals surface area contributed by atoms with Crippen molar-refractivity contribution < 1.29 is 4.74 Å². The van der Waals surface area contributed by atoms with Crippen LogP contribution in [0.25, 0.3) is 10.9 Å². The SMILES string of the molecule is Cc1cc(N)c2c(O[C@H]3CC[C@H](C)CC3)cccc2n1. The van der Waals surface area contributed by atoms with Crippen molar-refractivity contribution in [1.82, 2.24) is 4.98 Å². The van der Waals surface area contributed by atoms with Crippen LogP contribution in [0, 0.1) is 12.8 Å². The van der Waals surface area contributed by atoms with Crippen LogP contribution < -0.4 is 10.5 Å². The van der Waals surface area contributed by atoms with E-state index >= 15 is 0 Å². The van der Waals surface area contributed by atoms with Crippen LogP contribution >= 0.6 is 0 Å². The lowest BCUT2D eigenvalue weighted by molar-refractivity contribution is 0.137. The van der Waals surface area contributed by atoms with E-state index in [0.717, 1.165) is 46.8 Å². The highest BCUT2D eigenvalue weighted by molar-refractivity contribution is 5.95. The lowest BCUT2D eigenvalue weighted by Crippen LogP contribution is -2.23. The molecule has 0 spiro atoms. The number of hydrogen-bond donors (Lipinski definition) is 1. The monoisotopic (exact) mass is 270 g/mol. The average molecular weight is 270 g/mol. The third-order valence-electron chi connectivity index (χ3n) is 4.21. The number of fused-ring (bicyclic) bond motifs is 1. The number of ether oxygens (including phenoxy) is 1. The second kappa shape index (κ2) is 5.31. The third-order valence-corrected chi connectivity index (χ3v) is 4.21. The zero-order valence-electron chi connectivity index (χ0n) is 12.2. The molecule has 0 saturated heterocycles. The lowest BCUT2D eigenvalue weighted by atomic mass is 9.89. The first-order valence-corrected chi connectivity index (χ1v) is 7.46. The number of nitrogens with zero attached hydrogens (tertiary/aromatic N) is 1. The van der Waals surface area contributed by atoms with Gasteiger partial charge in [0.15, 0.2) is 0 Å². The van der Waals surface area contributed by atoms with Crippen LogP contribution in [0.3, 0.4) is 0 Å². The van der Waals surface area contributed by atoms with Crippen LogP contribution in [0.15, 0.2) is 24.3 Å². The average Bonchev–Trinajstić information content (AvgIpc) is 2.41. The molecule has 1 saturated carbocycles. The molecule has 3 nitrogen and oxygen atoms in total. The van der Waals surface area contributed by atoms with E-state index < -0.39 is 0 Å².